The van der Waals surface area contributed by atoms with E-state index in [-0.39, 0.29) is 0 Å². The Hall–Kier alpha value is -1.85. The highest BCUT2D eigenvalue weighted by atomic mass is 35.5. The zero-order chi connectivity index (χ0) is 16.8. The number of hydrogen-bond donors (Lipinski definition) is 1. The van der Waals surface area contributed by atoms with Crippen LogP contribution in [0.15, 0.2) is 47.4 Å². The number of rotatable bonds is 7. The quantitative estimate of drug-likeness (QED) is 0.759. The van der Waals surface area contributed by atoms with Gasteiger partial charge in [0.25, 0.3) is 0 Å². The Bertz CT molecular complexity index is 673. The van der Waals surface area contributed by atoms with Crippen LogP contribution in [0.2, 0.25) is 5.02 Å². The number of carboxylic acids is 1. The van der Waals surface area contributed by atoms with Crippen molar-refractivity contribution < 1.29 is 19.4 Å². The van der Waals surface area contributed by atoms with Crippen molar-refractivity contribution >= 4 is 29.3 Å². The van der Waals surface area contributed by atoms with E-state index in [1.54, 1.807) is 38.5 Å². The molecule has 0 unspecified atom stereocenters. The van der Waals surface area contributed by atoms with Crippen molar-refractivity contribution in [1.82, 2.24) is 0 Å². The van der Waals surface area contributed by atoms with E-state index in [9.17, 15) is 9.90 Å². The number of benzene rings is 2. The number of thioether (sulfide) groups is 1. The number of aliphatic carboxylic acids is 1. The van der Waals surface area contributed by atoms with Crippen LogP contribution < -0.4 is 9.47 Å². The molecule has 0 heterocycles. The Labute approximate surface area is 144 Å². The lowest BCUT2D eigenvalue weighted by molar-refractivity contribution is -0.136. The van der Waals surface area contributed by atoms with E-state index in [1.165, 1.54) is 11.8 Å². The molecule has 0 fully saturated rings. The summed E-state index contributed by atoms with van der Waals surface area (Å²) in [5.41, 5.74) is 0.821. The maximum absolute atomic E-state index is 11.6. The molecule has 0 aliphatic carbocycles. The fraction of sp³-hybridized carbons (Fsp3) is 0.235. The van der Waals surface area contributed by atoms with E-state index in [1.807, 2.05) is 18.2 Å². The maximum Gasteiger partial charge on any atom is 0.317 e. The van der Waals surface area contributed by atoms with Crippen LogP contribution in [0.4, 0.5) is 0 Å². The number of carboxylic acid groups (broad SMARTS) is 1. The van der Waals surface area contributed by atoms with Gasteiger partial charge in [-0.05, 0) is 42.3 Å². The zero-order valence-corrected chi connectivity index (χ0v) is 14.4. The third kappa shape index (κ3) is 4.81. The van der Waals surface area contributed by atoms with E-state index >= 15 is 0 Å². The van der Waals surface area contributed by atoms with E-state index < -0.39 is 11.2 Å². The van der Waals surface area contributed by atoms with Crippen LogP contribution in [0, 0.1) is 0 Å². The molecule has 2 rings (SSSR count). The fourth-order valence-electron chi connectivity index (χ4n) is 2.08. The summed E-state index contributed by atoms with van der Waals surface area (Å²) in [4.78, 5) is 12.4. The second kappa shape index (κ2) is 8.13. The summed E-state index contributed by atoms with van der Waals surface area (Å²) >= 11 is 7.14. The third-order valence-corrected chi connectivity index (χ3v) is 4.72. The normalized spacial score (nSPS) is 11.8. The lowest BCUT2D eigenvalue weighted by Gasteiger charge is -2.15. The van der Waals surface area contributed by atoms with Crippen molar-refractivity contribution in [3.8, 4) is 11.5 Å². The minimum Gasteiger partial charge on any atom is -0.497 e. The number of methoxy groups -OCH3 is 2. The van der Waals surface area contributed by atoms with Crippen LogP contribution in [-0.4, -0.2) is 30.5 Å². The summed E-state index contributed by atoms with van der Waals surface area (Å²) in [6.07, 6.45) is 0.343. The fourth-order valence-corrected chi connectivity index (χ4v) is 3.19. The van der Waals surface area contributed by atoms with E-state index in [4.69, 9.17) is 21.1 Å². The predicted molar refractivity (Wildman–Crippen MR) is 92.0 cm³/mol. The molecule has 0 aliphatic heterocycles. The van der Waals surface area contributed by atoms with E-state index in [2.05, 4.69) is 0 Å². The van der Waals surface area contributed by atoms with Gasteiger partial charge in [0.05, 0.1) is 14.2 Å². The molecule has 2 aromatic carbocycles. The smallest absolute Gasteiger partial charge is 0.317 e. The van der Waals surface area contributed by atoms with E-state index in [0.717, 1.165) is 10.5 Å². The molecule has 0 bridgehead atoms. The van der Waals surface area contributed by atoms with Gasteiger partial charge in [-0.2, -0.15) is 0 Å². The largest absolute Gasteiger partial charge is 0.497 e. The molecule has 0 saturated heterocycles. The topological polar surface area (TPSA) is 55.8 Å². The minimum atomic E-state index is -0.872. The van der Waals surface area contributed by atoms with Gasteiger partial charge in [0.15, 0.2) is 0 Å². The van der Waals surface area contributed by atoms with Gasteiger partial charge in [-0.1, -0.05) is 17.7 Å². The third-order valence-electron chi connectivity index (χ3n) is 3.27. The Morgan fingerprint density at radius 3 is 2.43 bits per heavy atom. The molecule has 0 saturated carbocycles. The van der Waals surface area contributed by atoms with Gasteiger partial charge in [-0.3, -0.25) is 4.79 Å². The van der Waals surface area contributed by atoms with Crippen molar-refractivity contribution in [3.63, 3.8) is 0 Å². The first-order chi connectivity index (χ1) is 11.0. The Balaban J connectivity index is 2.19. The lowest BCUT2D eigenvalue weighted by atomic mass is 10.1. The molecule has 0 spiro atoms. The lowest BCUT2D eigenvalue weighted by Crippen LogP contribution is -2.19. The molecule has 0 amide bonds. The van der Waals surface area contributed by atoms with Gasteiger partial charge in [-0.15, -0.1) is 11.8 Å². The summed E-state index contributed by atoms with van der Waals surface area (Å²) in [5.74, 6) is 0.415. The standard InChI is InChI=1S/C17H17ClO4S/c1-21-13-6-3-11(15(10-13)22-2)9-16(17(19)20)23-14-7-4-12(18)5-8-14/h3-8,10,16H,9H2,1-2H3,(H,19,20)/t16-/m1/s1. The van der Waals surface area contributed by atoms with Crippen LogP contribution in [-0.2, 0) is 11.2 Å². The Kier molecular flexibility index (Phi) is 6.19. The van der Waals surface area contributed by atoms with Crippen LogP contribution in [0.5, 0.6) is 11.5 Å². The maximum atomic E-state index is 11.6. The van der Waals surface area contributed by atoms with Crippen molar-refractivity contribution in [2.45, 2.75) is 16.6 Å². The highest BCUT2D eigenvalue weighted by Crippen LogP contribution is 2.31. The number of hydrogen-bond acceptors (Lipinski definition) is 4. The first-order valence-electron chi connectivity index (χ1n) is 6.89. The molecular formula is C17H17ClO4S. The van der Waals surface area contributed by atoms with Crippen molar-refractivity contribution in [2.24, 2.45) is 0 Å². The molecule has 0 aliphatic rings. The predicted octanol–water partition coefficient (Wildman–Crippen LogP) is 4.15. The Morgan fingerprint density at radius 1 is 1.17 bits per heavy atom. The molecule has 122 valence electrons. The molecular weight excluding hydrogens is 336 g/mol. The number of ether oxygens (including phenoxy) is 2. The highest BCUT2D eigenvalue weighted by molar-refractivity contribution is 8.00. The van der Waals surface area contributed by atoms with Crippen LogP contribution in [0.25, 0.3) is 0 Å². The summed E-state index contributed by atoms with van der Waals surface area (Å²) in [7, 11) is 3.13. The van der Waals surface area contributed by atoms with Gasteiger partial charge in [0, 0.05) is 16.0 Å². The monoisotopic (exact) mass is 352 g/mol. The second-order valence-electron chi connectivity index (χ2n) is 4.78. The molecule has 1 N–H and O–H groups in total. The van der Waals surface area contributed by atoms with E-state index in [0.29, 0.717) is 22.9 Å². The van der Waals surface area contributed by atoms with Crippen LogP contribution in [0.1, 0.15) is 5.56 Å². The first kappa shape index (κ1) is 17.5. The average molecular weight is 353 g/mol. The summed E-state index contributed by atoms with van der Waals surface area (Å²) in [6.45, 7) is 0. The second-order valence-corrected chi connectivity index (χ2v) is 6.49. The zero-order valence-electron chi connectivity index (χ0n) is 12.8. The molecule has 6 heteroatoms. The molecule has 4 nitrogen and oxygen atoms in total. The summed E-state index contributed by atoms with van der Waals surface area (Å²) in [5, 5.41) is 9.50. The molecule has 0 radical (unpaired) electrons. The Morgan fingerprint density at radius 2 is 1.87 bits per heavy atom. The first-order valence-corrected chi connectivity index (χ1v) is 8.15. The van der Waals surface area contributed by atoms with Gasteiger partial charge < -0.3 is 14.6 Å². The van der Waals surface area contributed by atoms with Crippen molar-refractivity contribution in [2.75, 3.05) is 14.2 Å². The molecule has 23 heavy (non-hydrogen) atoms. The van der Waals surface area contributed by atoms with Crippen molar-refractivity contribution in [1.29, 1.82) is 0 Å². The summed E-state index contributed by atoms with van der Waals surface area (Å²) in [6, 6.07) is 12.5. The van der Waals surface area contributed by atoms with Crippen molar-refractivity contribution in [3.05, 3.63) is 53.1 Å². The average Bonchev–Trinajstić information content (AvgIpc) is 2.56. The highest BCUT2D eigenvalue weighted by Gasteiger charge is 2.21. The number of carbonyl (C=O) groups is 1. The van der Waals surface area contributed by atoms with Gasteiger partial charge >= 0.3 is 5.97 Å². The van der Waals surface area contributed by atoms with Crippen LogP contribution in [0.3, 0.4) is 0 Å². The van der Waals surface area contributed by atoms with Gasteiger partial charge in [-0.25, -0.2) is 0 Å². The SMILES string of the molecule is COc1ccc(C[C@@H](Sc2ccc(Cl)cc2)C(=O)O)c(OC)c1. The number of halogens is 1. The molecule has 1 atom stereocenters. The van der Waals surface area contributed by atoms with Crippen LogP contribution >= 0.6 is 23.4 Å². The molecule has 0 aromatic heterocycles. The van der Waals surface area contributed by atoms with Gasteiger partial charge in [0.2, 0.25) is 0 Å². The minimum absolute atomic E-state index is 0.343. The van der Waals surface area contributed by atoms with Gasteiger partial charge in [0.1, 0.15) is 16.7 Å². The summed E-state index contributed by atoms with van der Waals surface area (Å²) < 4.78 is 10.5. The molecule has 2 aromatic rings.